The lowest BCUT2D eigenvalue weighted by Crippen LogP contribution is -2.50. The van der Waals surface area contributed by atoms with Gasteiger partial charge in [-0.25, -0.2) is 14.8 Å². The van der Waals surface area contributed by atoms with Gasteiger partial charge in [-0.3, -0.25) is 81.7 Å². The molecule has 3 aromatic rings. The number of anilines is 2. The van der Waals surface area contributed by atoms with Gasteiger partial charge < -0.3 is 176 Å². The summed E-state index contributed by atoms with van der Waals surface area (Å²) in [5.74, 6) is -29.6. The molecule has 0 spiro atoms. The molecule has 0 fully saturated rings. The first-order valence-electron chi connectivity index (χ1n) is 42.5. The number of nitrogens with zero attached hydrogens (tertiary/aromatic N) is 3. The number of nitrogen functional groups attached to an aromatic ring is 1. The Hall–Kier alpha value is -11.1. The van der Waals surface area contributed by atoms with Crippen molar-refractivity contribution >= 4 is 130 Å². The predicted molar refractivity (Wildman–Crippen MR) is 461 cm³/mol. The molecular weight excluding hydrogens is 1850 g/mol. The number of carboxylic acid groups (broad SMARTS) is 4. The van der Waals surface area contributed by atoms with Crippen LogP contribution in [0.4, 0.5) is 11.6 Å². The lowest BCUT2D eigenvalue weighted by molar-refractivity contribution is -0.143. The number of thiol groups is 1. The minimum atomic E-state index is -2.29. The van der Waals surface area contributed by atoms with Crippen LogP contribution in [0.15, 0.2) is 35.3 Å². The van der Waals surface area contributed by atoms with Crippen LogP contribution in [-0.2, 0) is 78.5 Å². The van der Waals surface area contributed by atoms with E-state index in [4.69, 9.17) is 10.8 Å². The zero-order valence-electron chi connectivity index (χ0n) is 73.1. The Labute approximate surface area is 777 Å². The predicted octanol–water partition coefficient (Wildman–Crippen LogP) is -14.3. The average Bonchev–Trinajstić information content (AvgIpc) is 0.808. The van der Waals surface area contributed by atoms with E-state index >= 15 is 14.4 Å². The Morgan fingerprint density at radius 3 is 1.05 bits per heavy atom. The van der Waals surface area contributed by atoms with Gasteiger partial charge in [0.1, 0.15) is 85.1 Å². The van der Waals surface area contributed by atoms with Crippen molar-refractivity contribution < 1.29 is 199 Å². The Bertz CT molecular complexity index is 4510. The number of aliphatic hydroxyl groups excluding tert-OH is 20. The van der Waals surface area contributed by atoms with Crippen LogP contribution >= 0.6 is 12.6 Å². The molecule has 56 heteroatoms. The summed E-state index contributed by atoms with van der Waals surface area (Å²) in [4.78, 5) is 247. The summed E-state index contributed by atoms with van der Waals surface area (Å²) < 4.78 is 0. The van der Waals surface area contributed by atoms with E-state index < -0.39 is 419 Å². The largest absolute Gasteiger partial charge is 0.481 e. The van der Waals surface area contributed by atoms with E-state index in [1.54, 1.807) is 0 Å². The van der Waals surface area contributed by atoms with Crippen molar-refractivity contribution in [1.82, 2.24) is 62.5 Å². The van der Waals surface area contributed by atoms with Crippen molar-refractivity contribution in [2.45, 2.75) is 244 Å². The molecule has 0 aliphatic carbocycles. The molecular formula is C80H122N14O41S. The van der Waals surface area contributed by atoms with Crippen molar-refractivity contribution in [2.24, 2.45) is 23.7 Å². The highest BCUT2D eigenvalue weighted by atomic mass is 32.1. The normalized spacial score (nSPS) is 16.9. The maximum absolute atomic E-state index is 15.2. The molecule has 0 saturated carbocycles. The highest BCUT2D eigenvalue weighted by molar-refractivity contribution is 7.80. The number of aliphatic hydroxyl groups is 20. The molecule has 55 nitrogen and oxygen atoms in total. The smallest absolute Gasteiger partial charge is 0.326 e. The number of nitrogens with two attached hydrogens (primary N) is 1. The van der Waals surface area contributed by atoms with Crippen LogP contribution in [0.1, 0.15) is 132 Å². The quantitative estimate of drug-likeness (QED) is 0.0233. The van der Waals surface area contributed by atoms with Crippen LogP contribution in [0.3, 0.4) is 0 Å². The second kappa shape index (κ2) is 60.5. The fourth-order valence-corrected chi connectivity index (χ4v) is 13.3. The van der Waals surface area contributed by atoms with Crippen molar-refractivity contribution in [3.63, 3.8) is 0 Å². The minimum absolute atomic E-state index is 0.0155. The first kappa shape index (κ1) is 119. The highest BCUT2D eigenvalue weighted by Crippen LogP contribution is 2.25. The number of aromatic amines is 1. The number of Topliss-reactive ketones (excluding diaryl/α,β-unsaturated/α-hetero) is 4. The molecule has 0 radical (unpaired) electrons. The summed E-state index contributed by atoms with van der Waals surface area (Å²) in [7, 11) is 0. The summed E-state index contributed by atoms with van der Waals surface area (Å²) >= 11 is 3.95. The summed E-state index contributed by atoms with van der Waals surface area (Å²) in [6, 6.07) is -2.81. The molecule has 8 amide bonds. The van der Waals surface area contributed by atoms with Crippen molar-refractivity contribution in [3.8, 4) is 0 Å². The molecule has 2 aromatic heterocycles. The zero-order valence-corrected chi connectivity index (χ0v) is 74.0. The van der Waals surface area contributed by atoms with Crippen LogP contribution in [0.25, 0.3) is 11.2 Å². The van der Waals surface area contributed by atoms with E-state index in [2.05, 4.69) is 80.4 Å². The van der Waals surface area contributed by atoms with E-state index in [0.717, 1.165) is 0 Å². The van der Waals surface area contributed by atoms with Crippen molar-refractivity contribution in [2.75, 3.05) is 69.4 Å². The number of carbonyl (C=O) groups is 16. The molecule has 24 atom stereocenters. The summed E-state index contributed by atoms with van der Waals surface area (Å²) in [6.45, 7) is -8.26. The van der Waals surface area contributed by atoms with Gasteiger partial charge in [-0.05, 0) is 69.2 Å². The second-order valence-electron chi connectivity index (χ2n) is 32.0. The SMILES string of the molecule is Nc1nc2ncc(CNc3ccc(C(=O)N[C@@H](CCC(=O)C[C@@H](CCC(=O)NC[C@H](O)[C@@H](O)[C@H](O)[C@H](O)CO)C(=O)N[C@@H](CCC(=O)O)C(=O)C[C@@H](CCC(=O)NC[C@H](O)[C@@H](O)[C@H](O)[C@H](O)CO)C(=O)N[C@@H](CCC(=O)NC[C@H](O)[C@@H](O)[C@H](O)[C@H](O)CO)C(=O)C[C@@H](CCC(=O)O)C(=O)N[C@@H](CCC(=O)NC[C@H](O)[C@@H](O)[C@H](O)[C@H](O)CO)C(=O)C[C@@H](CS)C(=O)O)C(=O)O)cc3)nc2c(=O)[nH]1. The lowest BCUT2D eigenvalue weighted by atomic mass is 9.88. The van der Waals surface area contributed by atoms with Gasteiger partial charge in [-0.1, -0.05) is 0 Å². The minimum Gasteiger partial charge on any atom is -0.481 e. The molecule has 36 N–H and O–H groups in total. The first-order valence-corrected chi connectivity index (χ1v) is 43.1. The van der Waals surface area contributed by atoms with E-state index in [1.165, 1.54) is 30.5 Å². The number of H-pyrrole nitrogens is 1. The van der Waals surface area contributed by atoms with Crippen LogP contribution < -0.4 is 59.1 Å². The molecule has 0 aliphatic heterocycles. The van der Waals surface area contributed by atoms with Gasteiger partial charge in [0.2, 0.25) is 47.3 Å². The molecule has 0 bridgehead atoms. The number of carboxylic acids is 4. The number of nitrogens with one attached hydrogen (secondary N) is 10. The number of benzene rings is 1. The standard InChI is InChI=1S/C80H122N14O41S/c81-80-93-72-63(77(131)94-80)88-40(24-87-72)23-82-39-6-1-34(2-7-39)73(127)92-45(79(134)135)9-8-41(99)19-35(3-13-57(111)83-25-49(103)64(119)68(123)53(107)29-95)74(128)91-44(12-18-62(117)118)47(101)20-36(4-14-58(112)84-26-50(104)65(120)69(124)54(108)30-96)75(129)89-42(10-15-59(113)85-27-51(105)66(121)70(125)55(109)31-97)46(100)21-37(5-17-61(115)116)76(130)90-43(48(102)22-38(33-136)78(132)133)11-16-60(114)86-28-52(106)67(122)71(126)56(110)32-98/h1-2,6-7,24,35-38,42-45,49-56,64-71,82,95-98,103-110,119-126,136H,3-5,8-23,25-33H2,(H,83,111)(H,84,112)(H,85,113)(H,86,114)(H,89,129)(H,90,130)(H,91,128)(H,92,127)(H,115,116)(H,117,118)(H,132,133)(H,134,135)(H3,81,87,93,94,131)/t35-,36-,37-,38+,42+,43+,44+,45+,49+,50+,51+,52+,53-,54-,55-,56-,64-,65-,66-,67-,68-,69-,70-,71-/m1/s1. The van der Waals surface area contributed by atoms with Gasteiger partial charge in [0.15, 0.2) is 28.5 Å². The maximum atomic E-state index is 15.2. The number of ketones is 4. The van der Waals surface area contributed by atoms with Crippen LogP contribution in [0, 0.1) is 23.7 Å². The molecule has 0 saturated heterocycles. The third kappa shape index (κ3) is 41.5. The Kier molecular flexibility index (Phi) is 53.0. The third-order valence-electron chi connectivity index (χ3n) is 21.5. The zero-order chi connectivity index (χ0) is 103. The van der Waals surface area contributed by atoms with Gasteiger partial charge in [0, 0.05) is 132 Å². The number of hydrogen-bond donors (Lipinski definition) is 36. The first-order chi connectivity index (χ1) is 63.9. The number of aliphatic carboxylic acids is 4. The van der Waals surface area contributed by atoms with E-state index in [1.807, 2.05) is 0 Å². The summed E-state index contributed by atoms with van der Waals surface area (Å²) in [5, 5.41) is 261. The van der Waals surface area contributed by atoms with Gasteiger partial charge in [0.05, 0.1) is 93.3 Å². The molecule has 764 valence electrons. The van der Waals surface area contributed by atoms with Gasteiger partial charge in [-0.2, -0.15) is 17.6 Å². The van der Waals surface area contributed by atoms with Crippen molar-refractivity contribution in [3.05, 3.63) is 52.1 Å². The summed E-state index contributed by atoms with van der Waals surface area (Å²) in [6.07, 6.45) is -49.9. The monoisotopic (exact) mass is 1970 g/mol. The number of hydrogen-bond acceptors (Lipinski definition) is 43. The van der Waals surface area contributed by atoms with Gasteiger partial charge in [0.25, 0.3) is 11.5 Å². The maximum Gasteiger partial charge on any atom is 0.326 e. The highest BCUT2D eigenvalue weighted by Gasteiger charge is 2.40. The van der Waals surface area contributed by atoms with Gasteiger partial charge >= 0.3 is 23.9 Å². The van der Waals surface area contributed by atoms with Crippen LogP contribution in [0.2, 0.25) is 0 Å². The molecule has 2 heterocycles. The molecule has 136 heavy (non-hydrogen) atoms. The third-order valence-corrected chi connectivity index (χ3v) is 21.9. The second-order valence-corrected chi connectivity index (χ2v) is 32.4. The summed E-state index contributed by atoms with van der Waals surface area (Å²) in [5.41, 5.74) is 5.29. The number of fused-ring (bicyclic) bond motifs is 1. The Morgan fingerprint density at radius 2 is 0.706 bits per heavy atom. The Balaban J connectivity index is 2.22. The number of amides is 8. The van der Waals surface area contributed by atoms with Crippen molar-refractivity contribution in [1.29, 1.82) is 0 Å². The van der Waals surface area contributed by atoms with E-state index in [0.29, 0.717) is 5.69 Å². The number of aromatic nitrogens is 4. The Morgan fingerprint density at radius 1 is 0.382 bits per heavy atom. The molecule has 0 aliphatic rings. The lowest BCUT2D eigenvalue weighted by Gasteiger charge is -2.27. The number of rotatable bonds is 70. The number of carbonyl (C=O) groups excluding carboxylic acids is 12. The van der Waals surface area contributed by atoms with Gasteiger partial charge in [-0.15, -0.1) is 0 Å². The van der Waals surface area contributed by atoms with E-state index in [-0.39, 0.29) is 34.9 Å². The van der Waals surface area contributed by atoms with E-state index in [9.17, 15) is 185 Å². The molecule has 1 aromatic carbocycles. The molecule has 3 rings (SSSR count). The average molecular weight is 1970 g/mol. The van der Waals surface area contributed by atoms with Crippen LogP contribution in [0.5, 0.6) is 0 Å². The molecule has 0 unspecified atom stereocenters. The topological polar surface area (TPSA) is 964 Å². The fourth-order valence-electron chi connectivity index (χ4n) is 13.0. The fraction of sp³-hybridized carbons (Fsp3) is 0.650. The van der Waals surface area contributed by atoms with Crippen LogP contribution in [-0.4, -0.2) is 417 Å².